The molecule has 0 spiro atoms. The van der Waals surface area contributed by atoms with Crippen LogP contribution in [0.4, 0.5) is 0 Å². The van der Waals surface area contributed by atoms with Gasteiger partial charge in [0.2, 0.25) is 0 Å². The summed E-state index contributed by atoms with van der Waals surface area (Å²) in [5, 5.41) is 32.7. The van der Waals surface area contributed by atoms with Crippen LogP contribution in [-0.2, 0) is 6.42 Å². The second kappa shape index (κ2) is 22.1. The molecular formula is C106H64. The number of rotatable bonds is 6. The van der Waals surface area contributed by atoms with Crippen LogP contribution in [0, 0.1) is 0 Å². The van der Waals surface area contributed by atoms with Gasteiger partial charge in [0, 0.05) is 11.8 Å². The molecular weight excluding hydrogens is 1270 g/mol. The van der Waals surface area contributed by atoms with Crippen LogP contribution in [0.1, 0.15) is 73.9 Å². The Morgan fingerprint density at radius 1 is 0.226 bits per heavy atom. The molecule has 0 nitrogen and oxygen atoms in total. The highest BCUT2D eigenvalue weighted by Gasteiger charge is 2.43. The minimum atomic E-state index is -0.279. The molecule has 0 radical (unpaired) electrons. The molecule has 0 heteroatoms. The van der Waals surface area contributed by atoms with Gasteiger partial charge in [-0.3, -0.25) is 0 Å². The Labute approximate surface area is 612 Å². The first-order valence-corrected chi connectivity index (χ1v) is 37.6. The topological polar surface area (TPSA) is 0 Å². The van der Waals surface area contributed by atoms with Crippen molar-refractivity contribution in [1.29, 1.82) is 0 Å². The van der Waals surface area contributed by atoms with Crippen LogP contribution < -0.4 is 0 Å². The minimum absolute atomic E-state index is 0.0693. The Kier molecular flexibility index (Phi) is 12.2. The molecule has 21 aromatic rings. The molecule has 0 heterocycles. The van der Waals surface area contributed by atoms with E-state index in [-0.39, 0.29) is 11.8 Å². The molecule has 2 atom stereocenters. The number of hydrogen-bond donors (Lipinski definition) is 0. The highest BCUT2D eigenvalue weighted by Crippen LogP contribution is 2.64. The van der Waals surface area contributed by atoms with Crippen LogP contribution in [0.25, 0.3) is 191 Å². The smallest absolute Gasteiger partial charge is 0.0365 e. The molecule has 3 aliphatic rings. The largest absolute Gasteiger partial charge is 0.0830 e. The van der Waals surface area contributed by atoms with Gasteiger partial charge < -0.3 is 0 Å². The summed E-state index contributed by atoms with van der Waals surface area (Å²) in [7, 11) is 0. The van der Waals surface area contributed by atoms with Gasteiger partial charge in [-0.2, -0.15) is 0 Å². The third kappa shape index (κ3) is 8.24. The van der Waals surface area contributed by atoms with Crippen molar-refractivity contribution in [1.82, 2.24) is 0 Å². The summed E-state index contributed by atoms with van der Waals surface area (Å²) in [5.41, 5.74) is 23.5. The van der Waals surface area contributed by atoms with Crippen molar-refractivity contribution in [3.8, 4) is 33.4 Å². The number of hydrogen-bond acceptors (Lipinski definition) is 0. The molecule has 2 unspecified atom stereocenters. The van der Waals surface area contributed by atoms with Crippen LogP contribution in [0.2, 0.25) is 0 Å². The summed E-state index contributed by atoms with van der Waals surface area (Å²) in [4.78, 5) is 0. The first-order valence-electron chi connectivity index (χ1n) is 37.6. The highest BCUT2D eigenvalue weighted by atomic mass is 14.5. The predicted octanol–water partition coefficient (Wildman–Crippen LogP) is 28.7. The Bertz CT molecular complexity index is 7560. The summed E-state index contributed by atoms with van der Waals surface area (Å²) in [6.45, 7) is 0. The predicted molar refractivity (Wildman–Crippen MR) is 453 cm³/mol. The molecule has 0 saturated carbocycles. The maximum atomic E-state index is 2.82. The summed E-state index contributed by atoms with van der Waals surface area (Å²) >= 11 is 0. The lowest BCUT2D eigenvalue weighted by molar-refractivity contribution is 0.820. The van der Waals surface area contributed by atoms with E-state index in [1.54, 1.807) is 0 Å². The van der Waals surface area contributed by atoms with Gasteiger partial charge in [-0.05, 0) is 289 Å². The minimum Gasteiger partial charge on any atom is -0.0830 e. The molecule has 24 rings (SSSR count). The van der Waals surface area contributed by atoms with E-state index < -0.39 is 0 Å². The lowest BCUT2D eigenvalue weighted by atomic mass is 9.72. The molecule has 0 aliphatic heterocycles. The zero-order valence-corrected chi connectivity index (χ0v) is 58.1. The van der Waals surface area contributed by atoms with Crippen molar-refractivity contribution in [3.05, 3.63) is 401 Å². The van der Waals surface area contributed by atoms with Gasteiger partial charge in [0.25, 0.3) is 0 Å². The van der Waals surface area contributed by atoms with Gasteiger partial charge in [0.05, 0.1) is 0 Å². The molecule has 0 amide bonds. The van der Waals surface area contributed by atoms with Gasteiger partial charge in [-0.1, -0.05) is 315 Å². The summed E-state index contributed by atoms with van der Waals surface area (Å²) in [6.07, 6.45) is 6.55. The molecule has 106 heavy (non-hydrogen) atoms. The molecule has 0 aromatic heterocycles. The zero-order valence-electron chi connectivity index (χ0n) is 58.1. The monoisotopic (exact) mass is 1340 g/mol. The van der Waals surface area contributed by atoms with Crippen molar-refractivity contribution in [2.45, 2.75) is 24.7 Å². The number of benzene rings is 21. The Balaban J connectivity index is 0.976. The third-order valence-corrected chi connectivity index (χ3v) is 24.9. The van der Waals surface area contributed by atoms with Crippen molar-refractivity contribution < 1.29 is 0 Å². The van der Waals surface area contributed by atoms with Gasteiger partial charge in [-0.25, -0.2) is 0 Å². The van der Waals surface area contributed by atoms with Crippen LogP contribution >= 0.6 is 0 Å². The van der Waals surface area contributed by atoms with E-state index in [0.29, 0.717) is 0 Å². The second-order valence-electron chi connectivity index (χ2n) is 30.2. The normalized spacial score (nSPS) is 14.8. The van der Waals surface area contributed by atoms with Crippen LogP contribution in [0.15, 0.2) is 346 Å². The summed E-state index contributed by atoms with van der Waals surface area (Å²) < 4.78 is 0. The first-order chi connectivity index (χ1) is 52.6. The fraction of sp³-hybridized carbons (Fsp3) is 0.0377. The summed E-state index contributed by atoms with van der Waals surface area (Å²) in [6, 6.07) is 133. The van der Waals surface area contributed by atoms with E-state index in [2.05, 4.69) is 352 Å². The van der Waals surface area contributed by atoms with Gasteiger partial charge >= 0.3 is 0 Å². The van der Waals surface area contributed by atoms with Crippen molar-refractivity contribution in [2.75, 3.05) is 0 Å². The van der Waals surface area contributed by atoms with Crippen LogP contribution in [0.5, 0.6) is 0 Å². The fourth-order valence-corrected chi connectivity index (χ4v) is 20.4. The van der Waals surface area contributed by atoms with Crippen molar-refractivity contribution in [3.63, 3.8) is 0 Å². The van der Waals surface area contributed by atoms with E-state index >= 15 is 0 Å². The van der Waals surface area contributed by atoms with Gasteiger partial charge in [0.15, 0.2) is 0 Å². The molecule has 488 valence electrons. The van der Waals surface area contributed by atoms with E-state index in [4.69, 9.17) is 0 Å². The molecule has 21 aromatic carbocycles. The Morgan fingerprint density at radius 2 is 0.726 bits per heavy atom. The van der Waals surface area contributed by atoms with E-state index in [9.17, 15) is 0 Å². The molecule has 0 fully saturated rings. The maximum Gasteiger partial charge on any atom is 0.0365 e. The van der Waals surface area contributed by atoms with Crippen molar-refractivity contribution >= 4 is 157 Å². The number of fused-ring (bicyclic) bond motifs is 20. The average molecular weight is 1340 g/mol. The quantitative estimate of drug-likeness (QED) is 0.115. The van der Waals surface area contributed by atoms with E-state index in [1.807, 2.05) is 0 Å². The molecule has 0 bridgehead atoms. The standard InChI is InChI=1S/C106H64/c1-3-22-68-55-90-72(53-66(68)20-1)30-15-35-81(90)95-60-96-101(87-52-49-65-44-43-62-27-13-28-63-48-51-86(87)99(65)97(62)63)103(85-40-17-37-78-76-32-10-8-26-73(76)59-92(78)85)104(84-39-16-36-77-75-31-9-7-19-61(75)47-50-82(77)84)106(96)105(102(95)88-41-14-29-64-45-46-74-54-67-21-2-4-23-69(67)56-91(74)98(64)88)89-42-18-38-83-79-33-11-12-34-80(79)93-57-70-24-5-6-25-71(70)58-94(93)100(83)89/h1-34,36-58,60,81,101H,35,59H2. The second-order valence-corrected chi connectivity index (χ2v) is 30.2. The lowest BCUT2D eigenvalue weighted by Gasteiger charge is -2.31. The third-order valence-electron chi connectivity index (χ3n) is 24.9. The van der Waals surface area contributed by atoms with Crippen molar-refractivity contribution in [2.24, 2.45) is 0 Å². The molecule has 0 N–H and O–H groups in total. The maximum absolute atomic E-state index is 2.82. The SMILES string of the molecule is C1=Cc2cc3ccccc3cc2C(c2cc3c(c(-c4cccc5c6ccccc6c6cc7ccccc7cc6c45)c2-c2cccc4ccc5cc6ccccc6cc5c24)C(c2cccc4c2ccc2ccccc24)=C(c2cccc4c2Cc2ccccc2-4)C3c2ccc3ccc4cccc5ccc2c3c45)C1. The van der Waals surface area contributed by atoms with Gasteiger partial charge in [-0.15, -0.1) is 0 Å². The number of allylic oxidation sites excluding steroid dienone is 2. The first kappa shape index (κ1) is 58.3. The molecule has 3 aliphatic carbocycles. The summed E-state index contributed by atoms with van der Waals surface area (Å²) in [5.74, 6) is -0.349. The fourth-order valence-electron chi connectivity index (χ4n) is 20.4. The van der Waals surface area contributed by atoms with Crippen LogP contribution in [-0.4, -0.2) is 0 Å². The van der Waals surface area contributed by atoms with Crippen LogP contribution in [0.3, 0.4) is 0 Å². The lowest BCUT2D eigenvalue weighted by Crippen LogP contribution is -2.12. The Morgan fingerprint density at radius 3 is 1.51 bits per heavy atom. The van der Waals surface area contributed by atoms with E-state index in [1.165, 1.54) is 240 Å². The highest BCUT2D eigenvalue weighted by molar-refractivity contribution is 6.33. The average Bonchev–Trinajstić information content (AvgIpc) is 1.51. The van der Waals surface area contributed by atoms with Gasteiger partial charge in [0.1, 0.15) is 0 Å². The zero-order chi connectivity index (χ0) is 69.0. The van der Waals surface area contributed by atoms with E-state index in [0.717, 1.165) is 12.8 Å². The Hall–Kier alpha value is -13.3. The molecule has 0 saturated heterocycles.